The fourth-order valence-corrected chi connectivity index (χ4v) is 3.25. The van der Waals surface area contributed by atoms with Crippen molar-refractivity contribution < 1.29 is 8.94 Å². The number of thiophene rings is 1. The Morgan fingerprint density at radius 1 is 1.21 bits per heavy atom. The molecule has 0 saturated heterocycles. The van der Waals surface area contributed by atoms with Crippen molar-refractivity contribution in [3.05, 3.63) is 59.4 Å². The van der Waals surface area contributed by atoms with Crippen LogP contribution >= 0.6 is 11.3 Å². The van der Waals surface area contributed by atoms with Crippen LogP contribution in [0.2, 0.25) is 0 Å². The summed E-state index contributed by atoms with van der Waals surface area (Å²) in [6.07, 6.45) is 0. The van der Waals surface area contributed by atoms with Gasteiger partial charge in [0.25, 0.3) is 5.89 Å². The Bertz CT molecular complexity index is 909. The molecule has 0 aliphatic carbocycles. The molecule has 24 heavy (non-hydrogen) atoms. The second-order valence-electron chi connectivity index (χ2n) is 5.77. The lowest BCUT2D eigenvalue weighted by Gasteiger charge is -2.20. The molecule has 3 aromatic heterocycles. The second-order valence-corrected chi connectivity index (χ2v) is 6.72. The molecular formula is C18H17N3O2S. The lowest BCUT2D eigenvalue weighted by atomic mass is 10.2. The van der Waals surface area contributed by atoms with Crippen LogP contribution in [0, 0.1) is 0 Å². The molecule has 0 radical (unpaired) electrons. The normalized spacial score (nSPS) is 13.0. The monoisotopic (exact) mass is 339 g/mol. The van der Waals surface area contributed by atoms with Crippen LogP contribution in [0.1, 0.15) is 24.6 Å². The summed E-state index contributed by atoms with van der Waals surface area (Å²) >= 11 is 1.59. The predicted molar refractivity (Wildman–Crippen MR) is 93.7 cm³/mol. The summed E-state index contributed by atoms with van der Waals surface area (Å²) in [4.78, 5) is 7.60. The van der Waals surface area contributed by atoms with E-state index in [1.807, 2.05) is 42.8 Å². The Labute approximate surface area is 143 Å². The van der Waals surface area contributed by atoms with Gasteiger partial charge in [0.2, 0.25) is 0 Å². The molecule has 1 atom stereocenters. The first kappa shape index (κ1) is 15.1. The Morgan fingerprint density at radius 2 is 2.08 bits per heavy atom. The predicted octanol–water partition coefficient (Wildman–Crippen LogP) is 4.74. The lowest BCUT2D eigenvalue weighted by molar-refractivity contribution is 0.218. The van der Waals surface area contributed by atoms with E-state index in [0.29, 0.717) is 18.3 Å². The third kappa shape index (κ3) is 2.86. The zero-order valence-electron chi connectivity index (χ0n) is 13.5. The van der Waals surface area contributed by atoms with Gasteiger partial charge in [0.05, 0.1) is 17.5 Å². The molecule has 0 saturated carbocycles. The van der Waals surface area contributed by atoms with Crippen molar-refractivity contribution in [2.45, 2.75) is 19.5 Å². The first-order valence-corrected chi connectivity index (χ1v) is 8.64. The number of hydrogen-bond donors (Lipinski definition) is 0. The molecule has 0 N–H and O–H groups in total. The molecule has 0 amide bonds. The summed E-state index contributed by atoms with van der Waals surface area (Å²) in [5.41, 5.74) is 0.910. The molecule has 0 spiro atoms. The van der Waals surface area contributed by atoms with E-state index in [4.69, 9.17) is 8.94 Å². The number of fused-ring (bicyclic) bond motifs is 1. The molecule has 0 unspecified atom stereocenters. The fourth-order valence-electron chi connectivity index (χ4n) is 2.60. The summed E-state index contributed by atoms with van der Waals surface area (Å²) in [5.74, 6) is 2.18. The molecule has 4 rings (SSSR count). The number of nitrogens with zero attached hydrogens (tertiary/aromatic N) is 3. The average molecular weight is 339 g/mol. The number of benzene rings is 1. The number of hydrogen-bond acceptors (Lipinski definition) is 6. The molecule has 0 fully saturated rings. The van der Waals surface area contributed by atoms with E-state index in [1.165, 1.54) is 0 Å². The van der Waals surface area contributed by atoms with Crippen molar-refractivity contribution in [3.8, 4) is 10.8 Å². The second kappa shape index (κ2) is 6.22. The maximum Gasteiger partial charge on any atom is 0.268 e. The molecule has 0 aliphatic rings. The summed E-state index contributed by atoms with van der Waals surface area (Å²) in [5, 5.41) is 7.19. The van der Waals surface area contributed by atoms with Crippen LogP contribution in [-0.4, -0.2) is 22.1 Å². The summed E-state index contributed by atoms with van der Waals surface area (Å²) < 4.78 is 11.3. The topological polar surface area (TPSA) is 55.3 Å². The van der Waals surface area contributed by atoms with Crippen LogP contribution in [-0.2, 0) is 6.54 Å². The molecule has 0 aliphatic heterocycles. The smallest absolute Gasteiger partial charge is 0.268 e. The van der Waals surface area contributed by atoms with E-state index >= 15 is 0 Å². The van der Waals surface area contributed by atoms with E-state index in [0.717, 1.165) is 21.6 Å². The Balaban J connectivity index is 1.50. The van der Waals surface area contributed by atoms with Crippen molar-refractivity contribution in [1.82, 2.24) is 15.0 Å². The van der Waals surface area contributed by atoms with Gasteiger partial charge in [-0.3, -0.25) is 4.90 Å². The Hall–Kier alpha value is -2.44. The van der Waals surface area contributed by atoms with E-state index in [1.54, 1.807) is 11.3 Å². The van der Waals surface area contributed by atoms with Gasteiger partial charge in [-0.2, -0.15) is 4.98 Å². The number of para-hydroxylation sites is 1. The van der Waals surface area contributed by atoms with E-state index in [2.05, 4.69) is 34.1 Å². The van der Waals surface area contributed by atoms with Crippen LogP contribution in [0.3, 0.4) is 0 Å². The van der Waals surface area contributed by atoms with Crippen molar-refractivity contribution in [2.75, 3.05) is 7.05 Å². The minimum absolute atomic E-state index is 0.112. The van der Waals surface area contributed by atoms with Gasteiger partial charge in [-0.15, -0.1) is 11.3 Å². The molecule has 1 aromatic carbocycles. The van der Waals surface area contributed by atoms with Gasteiger partial charge in [-0.05, 0) is 37.6 Å². The van der Waals surface area contributed by atoms with Crippen molar-refractivity contribution >= 4 is 22.3 Å². The third-order valence-corrected chi connectivity index (χ3v) is 4.97. The molecular weight excluding hydrogens is 322 g/mol. The minimum Gasteiger partial charge on any atom is -0.459 e. The molecule has 3 heterocycles. The van der Waals surface area contributed by atoms with Gasteiger partial charge in [0, 0.05) is 5.39 Å². The highest BCUT2D eigenvalue weighted by Crippen LogP contribution is 2.28. The molecule has 5 nitrogen and oxygen atoms in total. The largest absolute Gasteiger partial charge is 0.459 e. The number of rotatable bonds is 5. The van der Waals surface area contributed by atoms with Crippen LogP contribution in [0.4, 0.5) is 0 Å². The van der Waals surface area contributed by atoms with E-state index in [-0.39, 0.29) is 6.04 Å². The molecule has 4 aromatic rings. The van der Waals surface area contributed by atoms with Crippen LogP contribution in [0.25, 0.3) is 21.7 Å². The van der Waals surface area contributed by atoms with E-state index in [9.17, 15) is 0 Å². The first-order chi connectivity index (χ1) is 11.7. The van der Waals surface area contributed by atoms with Gasteiger partial charge in [0.15, 0.2) is 5.82 Å². The zero-order chi connectivity index (χ0) is 16.5. The van der Waals surface area contributed by atoms with Crippen LogP contribution in [0.5, 0.6) is 0 Å². The number of aromatic nitrogens is 2. The maximum absolute atomic E-state index is 5.95. The van der Waals surface area contributed by atoms with Crippen molar-refractivity contribution in [1.29, 1.82) is 0 Å². The highest BCUT2D eigenvalue weighted by molar-refractivity contribution is 7.13. The number of furan rings is 1. The summed E-state index contributed by atoms with van der Waals surface area (Å²) in [6.45, 7) is 2.70. The molecule has 0 bridgehead atoms. The zero-order valence-corrected chi connectivity index (χ0v) is 14.3. The van der Waals surface area contributed by atoms with Gasteiger partial charge in [-0.25, -0.2) is 0 Å². The summed E-state index contributed by atoms with van der Waals surface area (Å²) in [6, 6.07) is 14.2. The fraction of sp³-hybridized carbons (Fsp3) is 0.222. The highest BCUT2D eigenvalue weighted by Gasteiger charge is 2.19. The van der Waals surface area contributed by atoms with Crippen molar-refractivity contribution in [2.24, 2.45) is 0 Å². The van der Waals surface area contributed by atoms with Gasteiger partial charge < -0.3 is 8.94 Å². The van der Waals surface area contributed by atoms with Gasteiger partial charge in [0.1, 0.15) is 11.3 Å². The Morgan fingerprint density at radius 3 is 2.88 bits per heavy atom. The quantitative estimate of drug-likeness (QED) is 0.526. The third-order valence-electron chi connectivity index (χ3n) is 4.11. The standard InChI is InChI=1S/C18H17N3O2S/c1-12(15-10-13-6-3-4-7-14(13)22-15)21(2)11-17-19-18(23-20-17)16-8-5-9-24-16/h3-10,12H,11H2,1-2H3/t12-/m1/s1. The molecule has 6 heteroatoms. The van der Waals surface area contributed by atoms with E-state index < -0.39 is 0 Å². The Kier molecular flexibility index (Phi) is 3.92. The average Bonchev–Trinajstić information content (AvgIpc) is 3.32. The van der Waals surface area contributed by atoms with Crippen LogP contribution in [0.15, 0.2) is 56.8 Å². The lowest BCUT2D eigenvalue weighted by Crippen LogP contribution is -2.22. The maximum atomic E-state index is 5.95. The van der Waals surface area contributed by atoms with Crippen molar-refractivity contribution in [3.63, 3.8) is 0 Å². The van der Waals surface area contributed by atoms with Gasteiger partial charge >= 0.3 is 0 Å². The minimum atomic E-state index is 0.112. The first-order valence-electron chi connectivity index (χ1n) is 7.76. The highest BCUT2D eigenvalue weighted by atomic mass is 32.1. The summed E-state index contributed by atoms with van der Waals surface area (Å²) in [7, 11) is 2.03. The van der Waals surface area contributed by atoms with Crippen LogP contribution < -0.4 is 0 Å². The van der Waals surface area contributed by atoms with Gasteiger partial charge in [-0.1, -0.05) is 29.4 Å². The molecule has 122 valence electrons. The SMILES string of the molecule is C[C@H](c1cc2ccccc2o1)N(C)Cc1noc(-c2cccs2)n1.